The van der Waals surface area contributed by atoms with Crippen molar-refractivity contribution in [2.75, 3.05) is 13.3 Å². The highest BCUT2D eigenvalue weighted by molar-refractivity contribution is 5.79. The molecule has 4 aliphatic rings. The van der Waals surface area contributed by atoms with E-state index in [4.69, 9.17) is 15.2 Å². The number of hydrazine groups is 1. The van der Waals surface area contributed by atoms with Crippen molar-refractivity contribution in [2.24, 2.45) is 23.5 Å². The van der Waals surface area contributed by atoms with Crippen molar-refractivity contribution in [1.82, 2.24) is 16.2 Å². The fraction of sp³-hybridized carbons (Fsp3) is 0.650. The minimum absolute atomic E-state index is 0.0832. The van der Waals surface area contributed by atoms with Crippen molar-refractivity contribution in [3.05, 3.63) is 23.8 Å². The highest BCUT2D eigenvalue weighted by atomic mass is 16.7. The Balaban J connectivity index is 1.26. The molecule has 4 unspecified atom stereocenters. The van der Waals surface area contributed by atoms with Crippen molar-refractivity contribution in [3.63, 3.8) is 0 Å². The third kappa shape index (κ3) is 3.17. The minimum atomic E-state index is -0.131. The van der Waals surface area contributed by atoms with Crippen molar-refractivity contribution in [1.29, 1.82) is 0 Å². The number of carbonyl (C=O) groups excluding carboxylic acids is 1. The Hall–Kier alpha value is -1.83. The molecular weight excluding hydrogens is 344 g/mol. The van der Waals surface area contributed by atoms with Gasteiger partial charge in [-0.05, 0) is 55.2 Å². The topological polar surface area (TPSA) is 97.6 Å². The molecule has 7 nitrogen and oxygen atoms in total. The van der Waals surface area contributed by atoms with E-state index in [0.717, 1.165) is 36.4 Å². The lowest BCUT2D eigenvalue weighted by Crippen LogP contribution is -2.52. The first-order chi connectivity index (χ1) is 13.2. The molecule has 2 heterocycles. The third-order valence-corrected chi connectivity index (χ3v) is 6.89. The molecule has 0 radical (unpaired) electrons. The second kappa shape index (κ2) is 6.96. The highest BCUT2D eigenvalue weighted by Gasteiger charge is 2.41. The maximum absolute atomic E-state index is 13.0. The fourth-order valence-electron chi connectivity index (χ4n) is 5.36. The molecule has 2 aliphatic heterocycles. The average Bonchev–Trinajstić information content (AvgIpc) is 3.29. The molecule has 1 aromatic rings. The summed E-state index contributed by atoms with van der Waals surface area (Å²) in [6.07, 6.45) is 5.33. The summed E-state index contributed by atoms with van der Waals surface area (Å²) in [7, 11) is 0. The second-order valence-electron chi connectivity index (χ2n) is 8.43. The van der Waals surface area contributed by atoms with Gasteiger partial charge in [0.05, 0.1) is 0 Å². The quantitative estimate of drug-likeness (QED) is 0.637. The van der Waals surface area contributed by atoms with Gasteiger partial charge in [-0.3, -0.25) is 10.2 Å². The predicted molar refractivity (Wildman–Crippen MR) is 99.9 cm³/mol. The van der Waals surface area contributed by atoms with Crippen molar-refractivity contribution >= 4 is 5.91 Å². The average molecular weight is 372 g/mol. The smallest absolute Gasteiger partial charge is 0.231 e. The van der Waals surface area contributed by atoms with Crippen LogP contribution in [0.15, 0.2) is 18.2 Å². The molecule has 0 aromatic heterocycles. The Labute approximate surface area is 159 Å². The molecule has 7 heteroatoms. The first-order valence-corrected chi connectivity index (χ1v) is 10.1. The molecule has 1 aromatic carbocycles. The molecule has 146 valence electrons. The standard InChI is InChI=1S/C20H28N4O3/c21-18-12-2-1-3-13(18)7-14(6-12)20(25)23-19-15(9-22-24-19)11-4-5-16-17(8-11)27-10-26-16/h4-5,8,12-15,18-19,22,24H,1-3,6-7,9-10,21H2,(H,23,25). The highest BCUT2D eigenvalue weighted by Crippen LogP contribution is 2.42. The van der Waals surface area contributed by atoms with Crippen LogP contribution in [0.3, 0.4) is 0 Å². The van der Waals surface area contributed by atoms with Crippen LogP contribution in [0.25, 0.3) is 0 Å². The summed E-state index contributed by atoms with van der Waals surface area (Å²) in [5, 5.41) is 3.24. The minimum Gasteiger partial charge on any atom is -0.454 e. The molecule has 2 aliphatic carbocycles. The number of rotatable bonds is 3. The van der Waals surface area contributed by atoms with Crippen LogP contribution in [0, 0.1) is 17.8 Å². The summed E-state index contributed by atoms with van der Waals surface area (Å²) < 4.78 is 10.9. The number of hydrogen-bond donors (Lipinski definition) is 4. The number of amides is 1. The van der Waals surface area contributed by atoms with E-state index in [2.05, 4.69) is 22.2 Å². The number of carbonyl (C=O) groups is 1. The third-order valence-electron chi connectivity index (χ3n) is 6.89. The van der Waals surface area contributed by atoms with E-state index in [1.807, 2.05) is 12.1 Å². The molecule has 5 N–H and O–H groups in total. The van der Waals surface area contributed by atoms with Gasteiger partial charge in [0.2, 0.25) is 12.7 Å². The molecule has 3 fully saturated rings. The van der Waals surface area contributed by atoms with Gasteiger partial charge < -0.3 is 20.5 Å². The zero-order valence-corrected chi connectivity index (χ0v) is 15.4. The fourth-order valence-corrected chi connectivity index (χ4v) is 5.36. The summed E-state index contributed by atoms with van der Waals surface area (Å²) in [6.45, 7) is 1.03. The largest absolute Gasteiger partial charge is 0.454 e. The van der Waals surface area contributed by atoms with Crippen LogP contribution in [0.4, 0.5) is 0 Å². The Morgan fingerprint density at radius 3 is 2.74 bits per heavy atom. The summed E-state index contributed by atoms with van der Waals surface area (Å²) in [6, 6.07) is 6.30. The SMILES string of the molecule is NC1C2CCCC1CC(C(=O)NC1NNCC1c1ccc3c(c1)OCO3)C2. The van der Waals surface area contributed by atoms with Crippen LogP contribution in [0.1, 0.15) is 43.6 Å². The van der Waals surface area contributed by atoms with Crippen molar-refractivity contribution in [2.45, 2.75) is 50.2 Å². The first kappa shape index (κ1) is 17.3. The first-order valence-electron chi connectivity index (χ1n) is 10.1. The van der Waals surface area contributed by atoms with E-state index in [0.29, 0.717) is 11.8 Å². The number of fused-ring (bicyclic) bond motifs is 3. The number of benzene rings is 1. The molecule has 27 heavy (non-hydrogen) atoms. The molecule has 2 bridgehead atoms. The van der Waals surface area contributed by atoms with Gasteiger partial charge in [-0.25, -0.2) is 5.43 Å². The van der Waals surface area contributed by atoms with Gasteiger partial charge in [0.15, 0.2) is 11.5 Å². The second-order valence-corrected chi connectivity index (χ2v) is 8.43. The van der Waals surface area contributed by atoms with E-state index in [-0.39, 0.29) is 36.7 Å². The predicted octanol–water partition coefficient (Wildman–Crippen LogP) is 1.20. The van der Waals surface area contributed by atoms with E-state index >= 15 is 0 Å². The van der Waals surface area contributed by atoms with Gasteiger partial charge in [-0.1, -0.05) is 12.5 Å². The monoisotopic (exact) mass is 372 g/mol. The Kier molecular flexibility index (Phi) is 4.46. The van der Waals surface area contributed by atoms with Crippen LogP contribution in [-0.4, -0.2) is 31.5 Å². The van der Waals surface area contributed by atoms with Crippen LogP contribution in [0.5, 0.6) is 11.5 Å². The number of ether oxygens (including phenoxy) is 2. The van der Waals surface area contributed by atoms with Gasteiger partial charge in [0.25, 0.3) is 0 Å². The van der Waals surface area contributed by atoms with Gasteiger partial charge in [-0.2, -0.15) is 0 Å². The Bertz CT molecular complexity index is 713. The Morgan fingerprint density at radius 1 is 1.15 bits per heavy atom. The summed E-state index contributed by atoms with van der Waals surface area (Å²) in [5.41, 5.74) is 13.9. The molecular formula is C20H28N4O3. The molecule has 0 spiro atoms. The van der Waals surface area contributed by atoms with E-state index in [9.17, 15) is 4.79 Å². The summed E-state index contributed by atoms with van der Waals surface area (Å²) in [5.74, 6) is 2.96. The van der Waals surface area contributed by atoms with Crippen molar-refractivity contribution < 1.29 is 14.3 Å². The lowest BCUT2D eigenvalue weighted by Gasteiger charge is -2.43. The Morgan fingerprint density at radius 2 is 1.93 bits per heavy atom. The van der Waals surface area contributed by atoms with Gasteiger partial charge in [-0.15, -0.1) is 0 Å². The maximum Gasteiger partial charge on any atom is 0.231 e. The number of nitrogens with one attached hydrogen (secondary N) is 3. The van der Waals surface area contributed by atoms with Crippen LogP contribution in [-0.2, 0) is 4.79 Å². The number of nitrogens with two attached hydrogens (primary N) is 1. The van der Waals surface area contributed by atoms with E-state index < -0.39 is 0 Å². The van der Waals surface area contributed by atoms with Crippen LogP contribution < -0.4 is 31.4 Å². The lowest BCUT2D eigenvalue weighted by atomic mass is 9.65. The molecule has 2 saturated carbocycles. The van der Waals surface area contributed by atoms with E-state index in [1.165, 1.54) is 19.3 Å². The van der Waals surface area contributed by atoms with Crippen LogP contribution in [0.2, 0.25) is 0 Å². The van der Waals surface area contributed by atoms with E-state index in [1.54, 1.807) is 0 Å². The summed E-state index contributed by atoms with van der Waals surface area (Å²) in [4.78, 5) is 13.0. The summed E-state index contributed by atoms with van der Waals surface area (Å²) >= 11 is 0. The van der Waals surface area contributed by atoms with Gasteiger partial charge >= 0.3 is 0 Å². The van der Waals surface area contributed by atoms with Gasteiger partial charge in [0, 0.05) is 24.4 Å². The van der Waals surface area contributed by atoms with Crippen LogP contribution >= 0.6 is 0 Å². The van der Waals surface area contributed by atoms with Gasteiger partial charge in [0.1, 0.15) is 6.17 Å². The molecule has 5 rings (SSSR count). The molecule has 1 saturated heterocycles. The normalized spacial score (nSPS) is 37.2. The molecule has 4 atom stereocenters. The number of hydrogen-bond acceptors (Lipinski definition) is 6. The lowest BCUT2D eigenvalue weighted by molar-refractivity contribution is -0.128. The van der Waals surface area contributed by atoms with Crippen molar-refractivity contribution in [3.8, 4) is 11.5 Å². The molecule has 1 amide bonds. The zero-order valence-electron chi connectivity index (χ0n) is 15.4. The zero-order chi connectivity index (χ0) is 18.4. The maximum atomic E-state index is 13.0.